The molecule has 2 unspecified atom stereocenters. The zero-order valence-corrected chi connectivity index (χ0v) is 20.2. The summed E-state index contributed by atoms with van der Waals surface area (Å²) in [5, 5.41) is 9.98. The number of rotatable bonds is 6. The molecule has 3 aromatic rings. The highest BCUT2D eigenvalue weighted by molar-refractivity contribution is 5.92. The van der Waals surface area contributed by atoms with Crippen LogP contribution in [0.4, 0.5) is 14.6 Å². The number of ether oxygens (including phenoxy) is 2. The van der Waals surface area contributed by atoms with Gasteiger partial charge in [-0.1, -0.05) is 6.07 Å². The molecular formula is C25H29F2N6O3+. The molecule has 0 radical (unpaired) electrons. The molecule has 9 nitrogen and oxygen atoms in total. The Morgan fingerprint density at radius 1 is 1.11 bits per heavy atom. The van der Waals surface area contributed by atoms with Gasteiger partial charge < -0.3 is 25.0 Å². The van der Waals surface area contributed by atoms with E-state index >= 15 is 0 Å². The Morgan fingerprint density at radius 3 is 2.56 bits per heavy atom. The minimum absolute atomic E-state index is 0.101. The number of anilines is 1. The van der Waals surface area contributed by atoms with Crippen LogP contribution < -0.4 is 20.1 Å². The number of nitrogens with two attached hydrogens (primary N) is 1. The van der Waals surface area contributed by atoms with Gasteiger partial charge in [0.2, 0.25) is 0 Å². The first-order valence-electron chi connectivity index (χ1n) is 11.9. The SMILES string of the molecule is COc1ccc(C2CC(C(F)F)n3nc(-c4ccc(C(=O)N5CC[NH2+]CC5)nc4)cc3N2)cc1OC. The molecule has 0 aliphatic carbocycles. The lowest BCUT2D eigenvalue weighted by molar-refractivity contribution is -0.661. The second-order valence-corrected chi connectivity index (χ2v) is 8.90. The van der Waals surface area contributed by atoms with Crippen molar-refractivity contribution < 1.29 is 28.4 Å². The van der Waals surface area contributed by atoms with Gasteiger partial charge in [-0.25, -0.2) is 13.5 Å². The Bertz CT molecular complexity index is 1230. The number of nitrogens with zero attached hydrogens (tertiary/aromatic N) is 4. The number of carbonyl (C=O) groups is 1. The minimum atomic E-state index is -2.60. The van der Waals surface area contributed by atoms with Crippen molar-refractivity contribution in [2.75, 3.05) is 45.7 Å². The first-order valence-corrected chi connectivity index (χ1v) is 11.9. The molecule has 2 aliphatic rings. The van der Waals surface area contributed by atoms with Crippen LogP contribution in [-0.4, -0.2) is 72.4 Å². The number of amides is 1. The minimum Gasteiger partial charge on any atom is -0.493 e. The zero-order chi connectivity index (χ0) is 25.2. The number of aromatic nitrogens is 3. The lowest BCUT2D eigenvalue weighted by atomic mass is 9.97. The van der Waals surface area contributed by atoms with Gasteiger partial charge in [-0.3, -0.25) is 9.78 Å². The van der Waals surface area contributed by atoms with Gasteiger partial charge in [0, 0.05) is 17.8 Å². The Hall–Kier alpha value is -3.73. The van der Waals surface area contributed by atoms with Crippen LogP contribution in [0.3, 0.4) is 0 Å². The van der Waals surface area contributed by atoms with E-state index in [0.29, 0.717) is 47.4 Å². The largest absolute Gasteiger partial charge is 0.493 e. The second-order valence-electron chi connectivity index (χ2n) is 8.90. The number of benzene rings is 1. The molecule has 5 rings (SSSR count). The summed E-state index contributed by atoms with van der Waals surface area (Å²) in [6.07, 6.45) is -0.873. The standard InChI is InChI=1S/C25H28F2N6O3/c1-35-21-6-4-15(11-22(21)36-2)18-12-20(24(26)27)33-23(30-18)13-19(31-33)16-3-5-17(29-14-16)25(34)32-9-7-28-8-10-32/h3-6,11,13-14,18,20,24,28,30H,7-10,12H2,1-2H3/p+1. The van der Waals surface area contributed by atoms with E-state index in [1.54, 1.807) is 48.5 Å². The highest BCUT2D eigenvalue weighted by atomic mass is 19.3. The van der Waals surface area contributed by atoms with Crippen LogP contribution in [0.1, 0.15) is 34.6 Å². The number of quaternary nitrogens is 1. The normalized spacial score (nSPS) is 19.5. The summed E-state index contributed by atoms with van der Waals surface area (Å²) in [5.74, 6) is 1.50. The maximum Gasteiger partial charge on any atom is 0.272 e. The van der Waals surface area contributed by atoms with E-state index in [-0.39, 0.29) is 18.4 Å². The summed E-state index contributed by atoms with van der Waals surface area (Å²) in [6, 6.07) is 9.11. The van der Waals surface area contributed by atoms with Gasteiger partial charge in [0.05, 0.1) is 52.1 Å². The zero-order valence-electron chi connectivity index (χ0n) is 20.2. The van der Waals surface area contributed by atoms with Gasteiger partial charge in [-0.2, -0.15) is 5.10 Å². The average Bonchev–Trinajstić information content (AvgIpc) is 3.36. The maximum absolute atomic E-state index is 14.1. The lowest BCUT2D eigenvalue weighted by Gasteiger charge is -2.32. The van der Waals surface area contributed by atoms with Crippen molar-refractivity contribution in [1.82, 2.24) is 19.7 Å². The Labute approximate surface area is 207 Å². The van der Waals surface area contributed by atoms with Crippen molar-refractivity contribution in [1.29, 1.82) is 0 Å². The molecule has 0 spiro atoms. The smallest absolute Gasteiger partial charge is 0.272 e. The number of pyridine rings is 1. The third-order valence-electron chi connectivity index (χ3n) is 6.72. The van der Waals surface area contributed by atoms with Crippen LogP contribution in [0.25, 0.3) is 11.3 Å². The van der Waals surface area contributed by atoms with Crippen molar-refractivity contribution >= 4 is 11.7 Å². The molecule has 2 atom stereocenters. The summed E-state index contributed by atoms with van der Waals surface area (Å²) in [6.45, 7) is 3.15. The van der Waals surface area contributed by atoms with Crippen molar-refractivity contribution in [2.24, 2.45) is 0 Å². The van der Waals surface area contributed by atoms with Crippen LogP contribution in [0.5, 0.6) is 11.5 Å². The number of halogens is 2. The van der Waals surface area contributed by atoms with E-state index in [0.717, 1.165) is 18.7 Å². The number of alkyl halides is 2. The van der Waals surface area contributed by atoms with Gasteiger partial charge in [-0.05, 0) is 36.2 Å². The van der Waals surface area contributed by atoms with Crippen molar-refractivity contribution in [3.8, 4) is 22.8 Å². The first kappa shape index (κ1) is 24.0. The van der Waals surface area contributed by atoms with Crippen molar-refractivity contribution in [3.63, 3.8) is 0 Å². The second kappa shape index (κ2) is 10.1. The Morgan fingerprint density at radius 2 is 1.89 bits per heavy atom. The van der Waals surface area contributed by atoms with Gasteiger partial charge in [0.15, 0.2) is 11.5 Å². The number of hydrogen-bond donors (Lipinski definition) is 2. The van der Waals surface area contributed by atoms with E-state index < -0.39 is 12.5 Å². The fourth-order valence-electron chi connectivity index (χ4n) is 4.76. The van der Waals surface area contributed by atoms with Crippen LogP contribution in [0.2, 0.25) is 0 Å². The molecule has 1 aromatic carbocycles. The van der Waals surface area contributed by atoms with Crippen molar-refractivity contribution in [3.05, 3.63) is 53.9 Å². The summed E-state index contributed by atoms with van der Waals surface area (Å²) in [5.41, 5.74) is 2.34. The van der Waals surface area contributed by atoms with E-state index in [1.165, 1.54) is 11.8 Å². The van der Waals surface area contributed by atoms with Crippen LogP contribution in [0.15, 0.2) is 42.6 Å². The summed E-state index contributed by atoms with van der Waals surface area (Å²) in [4.78, 5) is 18.8. The molecule has 0 saturated carbocycles. The molecular weight excluding hydrogens is 470 g/mol. The topological polar surface area (TPSA) is 98.1 Å². The van der Waals surface area contributed by atoms with Gasteiger partial charge in [-0.15, -0.1) is 0 Å². The first-order chi connectivity index (χ1) is 17.5. The molecule has 2 aliphatic heterocycles. The quantitative estimate of drug-likeness (QED) is 0.541. The number of methoxy groups -OCH3 is 2. The van der Waals surface area contributed by atoms with Gasteiger partial charge in [0.1, 0.15) is 17.6 Å². The number of hydrogen-bond acceptors (Lipinski definition) is 6. The molecule has 1 amide bonds. The molecule has 11 heteroatoms. The molecule has 190 valence electrons. The molecule has 0 bridgehead atoms. The molecule has 1 saturated heterocycles. The van der Waals surface area contributed by atoms with E-state index in [9.17, 15) is 13.6 Å². The van der Waals surface area contributed by atoms with Gasteiger partial charge in [0.25, 0.3) is 12.3 Å². The predicted molar refractivity (Wildman–Crippen MR) is 129 cm³/mol. The summed E-state index contributed by atoms with van der Waals surface area (Å²) in [7, 11) is 3.09. The monoisotopic (exact) mass is 499 g/mol. The van der Waals surface area contributed by atoms with Crippen LogP contribution in [-0.2, 0) is 0 Å². The number of carbonyl (C=O) groups excluding carboxylic acids is 1. The molecule has 3 N–H and O–H groups in total. The van der Waals surface area contributed by atoms with E-state index in [2.05, 4.69) is 20.7 Å². The molecule has 4 heterocycles. The van der Waals surface area contributed by atoms with Crippen LogP contribution >= 0.6 is 0 Å². The number of nitrogens with one attached hydrogen (secondary N) is 1. The third kappa shape index (κ3) is 4.58. The molecule has 36 heavy (non-hydrogen) atoms. The predicted octanol–water partition coefficient (Wildman–Crippen LogP) is 2.34. The third-order valence-corrected chi connectivity index (χ3v) is 6.72. The summed E-state index contributed by atoms with van der Waals surface area (Å²) >= 11 is 0. The van der Waals surface area contributed by atoms with E-state index in [1.807, 2.05) is 6.07 Å². The number of piperazine rings is 1. The highest BCUT2D eigenvalue weighted by Gasteiger charge is 2.35. The lowest BCUT2D eigenvalue weighted by Crippen LogP contribution is -2.89. The van der Waals surface area contributed by atoms with Crippen molar-refractivity contribution in [2.45, 2.75) is 24.9 Å². The Balaban J connectivity index is 1.40. The fourth-order valence-corrected chi connectivity index (χ4v) is 4.76. The maximum atomic E-state index is 14.1. The highest BCUT2D eigenvalue weighted by Crippen LogP contribution is 2.41. The molecule has 2 aromatic heterocycles. The van der Waals surface area contributed by atoms with Gasteiger partial charge >= 0.3 is 0 Å². The van der Waals surface area contributed by atoms with Crippen LogP contribution in [0, 0.1) is 0 Å². The Kier molecular flexibility index (Phi) is 6.73. The average molecular weight is 500 g/mol. The summed E-state index contributed by atoms with van der Waals surface area (Å²) < 4.78 is 40.2. The number of fused-ring (bicyclic) bond motifs is 1. The molecule has 1 fully saturated rings. The van der Waals surface area contributed by atoms with E-state index in [4.69, 9.17) is 9.47 Å². The fraction of sp³-hybridized carbons (Fsp3) is 0.400.